The fourth-order valence-electron chi connectivity index (χ4n) is 15.9. The summed E-state index contributed by atoms with van der Waals surface area (Å²) in [5.41, 5.74) is 6.87. The molecule has 0 radical (unpaired) electrons. The van der Waals surface area contributed by atoms with Crippen molar-refractivity contribution >= 4 is 11.6 Å². The molecule has 0 spiro atoms. The smallest absolute Gasteiger partial charge is 0.150 e. The molecule has 9 nitrogen and oxygen atoms in total. The molecule has 0 aromatic heterocycles. The van der Waals surface area contributed by atoms with Gasteiger partial charge in [-0.15, -0.1) is 0 Å². The molecule has 9 heteroatoms. The van der Waals surface area contributed by atoms with Crippen molar-refractivity contribution in [3.63, 3.8) is 0 Å². The SMILES string of the molecule is COC1CC2CCC(=O)C(C(O)CCCC3(C4C[NH2+]C5CC(=O)CCC5C4)CCCC3)C#CC(CCC(O)CC(C3CC[NH2+]C(N)C3)C3CCC4CCCCC4C3)C2CC1O. The minimum atomic E-state index is -0.784. The minimum Gasteiger partial charge on any atom is -0.393 e. The number of methoxy groups -OCH3 is 1. The number of nitrogens with two attached hydrogens (primary N) is 3. The van der Waals surface area contributed by atoms with Crippen molar-refractivity contribution in [2.45, 2.75) is 210 Å². The van der Waals surface area contributed by atoms with E-state index in [0.29, 0.717) is 78.9 Å². The van der Waals surface area contributed by atoms with Crippen LogP contribution < -0.4 is 16.4 Å². The largest absolute Gasteiger partial charge is 0.393 e. The first-order valence-corrected chi connectivity index (χ1v) is 26.1. The molecule has 5 saturated carbocycles. The van der Waals surface area contributed by atoms with E-state index in [2.05, 4.69) is 22.5 Å². The normalized spacial score (nSPS) is 42.0. The molecule has 8 rings (SSSR count). The van der Waals surface area contributed by atoms with E-state index >= 15 is 0 Å². The van der Waals surface area contributed by atoms with Crippen LogP contribution in [0, 0.1) is 82.4 Å². The summed E-state index contributed by atoms with van der Waals surface area (Å²) in [6.07, 6.45) is 26.1. The summed E-state index contributed by atoms with van der Waals surface area (Å²) in [5.74, 6) is 12.0. The molecule has 344 valence electrons. The fourth-order valence-corrected chi connectivity index (χ4v) is 15.9. The average Bonchev–Trinajstić information content (AvgIpc) is 3.77. The van der Waals surface area contributed by atoms with Crippen LogP contribution in [0.1, 0.15) is 173 Å². The minimum absolute atomic E-state index is 0.0512. The lowest BCUT2D eigenvalue weighted by molar-refractivity contribution is -0.713. The second kappa shape index (κ2) is 21.3. The van der Waals surface area contributed by atoms with Gasteiger partial charge in [-0.25, -0.2) is 0 Å². The molecular formula is C52H87N3O6+2. The Labute approximate surface area is 369 Å². The van der Waals surface area contributed by atoms with Crippen molar-refractivity contribution in [3.05, 3.63) is 0 Å². The molecule has 61 heavy (non-hydrogen) atoms. The van der Waals surface area contributed by atoms with Crippen LogP contribution >= 0.6 is 0 Å². The van der Waals surface area contributed by atoms with Crippen molar-refractivity contribution in [2.24, 2.45) is 76.2 Å². The van der Waals surface area contributed by atoms with E-state index in [1.54, 1.807) is 7.11 Å². The molecule has 9 N–H and O–H groups in total. The molecule has 0 aromatic carbocycles. The zero-order chi connectivity index (χ0) is 42.5. The van der Waals surface area contributed by atoms with Gasteiger partial charge in [-0.1, -0.05) is 56.8 Å². The summed E-state index contributed by atoms with van der Waals surface area (Å²) in [6, 6.07) is 0.480. The quantitative estimate of drug-likeness (QED) is 0.127. The number of piperidine rings is 2. The summed E-state index contributed by atoms with van der Waals surface area (Å²) in [6.45, 7) is 2.20. The van der Waals surface area contributed by atoms with E-state index in [1.807, 2.05) is 0 Å². The molecule has 0 amide bonds. The number of fused-ring (bicyclic) bond motifs is 3. The number of quaternary nitrogens is 2. The van der Waals surface area contributed by atoms with Crippen LogP contribution in [0.5, 0.6) is 0 Å². The van der Waals surface area contributed by atoms with Gasteiger partial charge in [-0.2, -0.15) is 0 Å². The number of hydrogen-bond donors (Lipinski definition) is 6. The highest BCUT2D eigenvalue weighted by Crippen LogP contribution is 2.52. The van der Waals surface area contributed by atoms with Crippen LogP contribution in [0.2, 0.25) is 0 Å². The third-order valence-corrected chi connectivity index (χ3v) is 19.4. The van der Waals surface area contributed by atoms with Crippen LogP contribution in [-0.2, 0) is 14.3 Å². The number of ether oxygens (including phenoxy) is 1. The molecule has 6 aliphatic carbocycles. The van der Waals surface area contributed by atoms with Gasteiger partial charge in [0.2, 0.25) is 0 Å². The first kappa shape index (κ1) is 46.2. The Kier molecular flexibility index (Phi) is 16.1. The Morgan fingerprint density at radius 3 is 2.41 bits per heavy atom. The molecule has 2 saturated heterocycles. The van der Waals surface area contributed by atoms with E-state index in [9.17, 15) is 24.9 Å². The maximum Gasteiger partial charge on any atom is 0.150 e. The van der Waals surface area contributed by atoms with Gasteiger partial charge in [0.25, 0.3) is 0 Å². The van der Waals surface area contributed by atoms with Crippen molar-refractivity contribution in [2.75, 3.05) is 20.2 Å². The second-order valence-electron chi connectivity index (χ2n) is 22.7. The molecule has 2 heterocycles. The van der Waals surface area contributed by atoms with Crippen LogP contribution in [0.3, 0.4) is 0 Å². The Morgan fingerprint density at radius 1 is 0.820 bits per heavy atom. The first-order valence-electron chi connectivity index (χ1n) is 26.1. The molecule has 0 bridgehead atoms. The Balaban J connectivity index is 0.932. The monoisotopic (exact) mass is 850 g/mol. The van der Waals surface area contributed by atoms with Crippen LogP contribution in [0.25, 0.3) is 0 Å². The Bertz CT molecular complexity index is 1510. The average molecular weight is 850 g/mol. The van der Waals surface area contributed by atoms with Gasteiger partial charge < -0.3 is 30.7 Å². The maximum atomic E-state index is 14.0. The van der Waals surface area contributed by atoms with Gasteiger partial charge in [0.1, 0.15) is 23.7 Å². The lowest BCUT2D eigenvalue weighted by atomic mass is 9.61. The number of hydrogen-bond acceptors (Lipinski definition) is 7. The summed E-state index contributed by atoms with van der Waals surface area (Å²) in [4.78, 5) is 26.2. The Morgan fingerprint density at radius 2 is 1.61 bits per heavy atom. The molecule has 17 unspecified atom stereocenters. The fraction of sp³-hybridized carbons (Fsp3) is 0.923. The van der Waals surface area contributed by atoms with Crippen LogP contribution in [0.15, 0.2) is 0 Å². The van der Waals surface area contributed by atoms with Crippen molar-refractivity contribution in [1.82, 2.24) is 0 Å². The highest BCUT2D eigenvalue weighted by Gasteiger charge is 2.48. The highest BCUT2D eigenvalue weighted by atomic mass is 16.5. The van der Waals surface area contributed by atoms with E-state index in [-0.39, 0.29) is 35.8 Å². The molecule has 17 atom stereocenters. The maximum absolute atomic E-state index is 14.0. The predicted molar refractivity (Wildman–Crippen MR) is 237 cm³/mol. The van der Waals surface area contributed by atoms with Gasteiger partial charge >= 0.3 is 0 Å². The van der Waals surface area contributed by atoms with Crippen molar-refractivity contribution < 1.29 is 40.3 Å². The zero-order valence-electron chi connectivity index (χ0n) is 38.1. The van der Waals surface area contributed by atoms with Gasteiger partial charge in [0, 0.05) is 44.1 Å². The van der Waals surface area contributed by atoms with Gasteiger partial charge in [0.15, 0.2) is 0 Å². The number of carbonyl (C=O) groups excluding carboxylic acids is 2. The van der Waals surface area contributed by atoms with Crippen LogP contribution in [-0.4, -0.2) is 83.7 Å². The summed E-state index contributed by atoms with van der Waals surface area (Å²) in [5, 5.41) is 39.9. The molecule has 2 aliphatic heterocycles. The number of ketones is 2. The lowest BCUT2D eigenvalue weighted by Crippen LogP contribution is -2.95. The number of aliphatic hydroxyl groups excluding tert-OH is 3. The predicted octanol–water partition coefficient (Wildman–Crippen LogP) is 5.41. The molecular weight excluding hydrogens is 763 g/mol. The third kappa shape index (κ3) is 11.2. The number of aliphatic hydroxyl groups is 3. The van der Waals surface area contributed by atoms with Gasteiger partial charge in [-0.3, -0.25) is 15.3 Å². The van der Waals surface area contributed by atoms with E-state index in [1.165, 1.54) is 83.5 Å². The summed E-state index contributed by atoms with van der Waals surface area (Å²) >= 11 is 0. The highest BCUT2D eigenvalue weighted by molar-refractivity contribution is 5.84. The molecule has 8 aliphatic rings. The third-order valence-electron chi connectivity index (χ3n) is 19.4. The second-order valence-corrected chi connectivity index (χ2v) is 22.7. The summed E-state index contributed by atoms with van der Waals surface area (Å²) < 4.78 is 5.77. The standard InChI is InChI=1S/C52H85N3O6/c1-61-50-27-37-15-19-48(59)43(47(58)9-6-23-52(21-4-5-22-52)40-26-39-13-17-42(57)30-46(39)55-32-40)18-14-34(45(37)31-49(50)60)12-16-41(56)29-44(38-20-24-54-51(53)28-38)36-11-10-33-7-2-3-8-35(33)25-36/h33-41,43-47,49-51,54-56,58,60H,2-13,15-17,19-32,53H2,1H3/p+2. The van der Waals surface area contributed by atoms with Crippen LogP contribution in [0.4, 0.5) is 0 Å². The van der Waals surface area contributed by atoms with E-state index in [4.69, 9.17) is 10.5 Å². The lowest BCUT2D eigenvalue weighted by Gasteiger charge is -2.45. The topological polar surface area (TPSA) is 163 Å². The van der Waals surface area contributed by atoms with Crippen molar-refractivity contribution in [3.8, 4) is 11.8 Å². The molecule has 0 aromatic rings. The number of rotatable bonds is 14. The zero-order valence-corrected chi connectivity index (χ0v) is 38.1. The molecule has 7 fully saturated rings. The Hall–Kier alpha value is -1.38. The van der Waals surface area contributed by atoms with Gasteiger partial charge in [0.05, 0.1) is 50.0 Å². The number of Topliss-reactive ketones (excluding diaryl/α,β-unsaturated/α-hetero) is 2. The number of carbonyl (C=O) groups is 2. The van der Waals surface area contributed by atoms with Gasteiger partial charge in [-0.05, 0) is 150 Å². The van der Waals surface area contributed by atoms with E-state index < -0.39 is 24.2 Å². The summed E-state index contributed by atoms with van der Waals surface area (Å²) in [7, 11) is 1.68. The van der Waals surface area contributed by atoms with E-state index in [0.717, 1.165) is 82.7 Å². The van der Waals surface area contributed by atoms with Crippen molar-refractivity contribution in [1.29, 1.82) is 0 Å². The first-order chi connectivity index (χ1) is 29.6.